The van der Waals surface area contributed by atoms with E-state index < -0.39 is 0 Å². The van der Waals surface area contributed by atoms with E-state index in [-0.39, 0.29) is 6.29 Å². The Morgan fingerprint density at radius 2 is 1.75 bits per heavy atom. The van der Waals surface area contributed by atoms with Crippen LogP contribution in [0.1, 0.15) is 6.42 Å². The standard InChI is InChI=1S/C9H17NO2/c1-5-10(6-2)8-7-9(11-3)12-4/h5-6,9H,1-2,7-8H2,3-4H3. The minimum atomic E-state index is -0.146. The minimum Gasteiger partial charge on any atom is -0.356 e. The van der Waals surface area contributed by atoms with Crippen LogP contribution in [0.2, 0.25) is 0 Å². The zero-order chi connectivity index (χ0) is 9.40. The smallest absolute Gasteiger partial charge is 0.158 e. The average molecular weight is 171 g/mol. The van der Waals surface area contributed by atoms with Crippen LogP contribution < -0.4 is 0 Å². The Morgan fingerprint density at radius 3 is 2.08 bits per heavy atom. The average Bonchev–Trinajstić information content (AvgIpc) is 2.13. The van der Waals surface area contributed by atoms with Crippen molar-refractivity contribution in [3.8, 4) is 0 Å². The molecule has 0 aliphatic rings. The van der Waals surface area contributed by atoms with Crippen molar-refractivity contribution in [2.75, 3.05) is 20.8 Å². The highest BCUT2D eigenvalue weighted by Gasteiger charge is 2.04. The summed E-state index contributed by atoms with van der Waals surface area (Å²) in [5.74, 6) is 0. The minimum absolute atomic E-state index is 0.146. The van der Waals surface area contributed by atoms with Crippen molar-refractivity contribution < 1.29 is 9.47 Å². The van der Waals surface area contributed by atoms with Crippen molar-refractivity contribution in [3.05, 3.63) is 25.6 Å². The molecule has 0 spiro atoms. The summed E-state index contributed by atoms with van der Waals surface area (Å²) in [6.45, 7) is 8.07. The summed E-state index contributed by atoms with van der Waals surface area (Å²) in [6, 6.07) is 0. The van der Waals surface area contributed by atoms with E-state index in [9.17, 15) is 0 Å². The lowest BCUT2D eigenvalue weighted by Crippen LogP contribution is -2.20. The third kappa shape index (κ3) is 4.16. The quantitative estimate of drug-likeness (QED) is 0.543. The van der Waals surface area contributed by atoms with E-state index in [1.165, 1.54) is 0 Å². The van der Waals surface area contributed by atoms with Crippen molar-refractivity contribution in [1.29, 1.82) is 0 Å². The number of methoxy groups -OCH3 is 2. The van der Waals surface area contributed by atoms with Crippen LogP contribution >= 0.6 is 0 Å². The maximum absolute atomic E-state index is 5.02. The van der Waals surface area contributed by atoms with E-state index in [0.717, 1.165) is 13.0 Å². The van der Waals surface area contributed by atoms with Gasteiger partial charge in [0.05, 0.1) is 0 Å². The van der Waals surface area contributed by atoms with E-state index >= 15 is 0 Å². The molecule has 12 heavy (non-hydrogen) atoms. The molecule has 0 heterocycles. The molecule has 0 saturated carbocycles. The van der Waals surface area contributed by atoms with E-state index in [1.807, 2.05) is 4.90 Å². The van der Waals surface area contributed by atoms with Crippen molar-refractivity contribution >= 4 is 0 Å². The summed E-state index contributed by atoms with van der Waals surface area (Å²) in [5, 5.41) is 0. The Bertz CT molecular complexity index is 124. The number of rotatable bonds is 7. The van der Waals surface area contributed by atoms with Crippen LogP contribution in [0, 0.1) is 0 Å². The first-order chi connectivity index (χ1) is 5.78. The molecule has 0 atom stereocenters. The van der Waals surface area contributed by atoms with E-state index in [2.05, 4.69) is 13.2 Å². The molecular formula is C9H17NO2. The Morgan fingerprint density at radius 1 is 1.25 bits per heavy atom. The van der Waals surface area contributed by atoms with Gasteiger partial charge in [0.2, 0.25) is 0 Å². The van der Waals surface area contributed by atoms with Gasteiger partial charge in [-0.15, -0.1) is 0 Å². The Kier molecular flexibility index (Phi) is 6.42. The van der Waals surface area contributed by atoms with Crippen LogP contribution in [0.5, 0.6) is 0 Å². The molecule has 0 aromatic carbocycles. The van der Waals surface area contributed by atoms with Crippen molar-refractivity contribution in [2.24, 2.45) is 0 Å². The normalized spacial score (nSPS) is 9.92. The lowest BCUT2D eigenvalue weighted by molar-refractivity contribution is -0.107. The van der Waals surface area contributed by atoms with Gasteiger partial charge in [-0.25, -0.2) is 0 Å². The first-order valence-electron chi connectivity index (χ1n) is 3.85. The fourth-order valence-corrected chi connectivity index (χ4v) is 0.844. The summed E-state index contributed by atoms with van der Waals surface area (Å²) >= 11 is 0. The number of ether oxygens (including phenoxy) is 2. The molecule has 0 rings (SSSR count). The van der Waals surface area contributed by atoms with Crippen molar-refractivity contribution in [1.82, 2.24) is 4.90 Å². The number of hydrogen-bond acceptors (Lipinski definition) is 3. The van der Waals surface area contributed by atoms with Gasteiger partial charge in [0.25, 0.3) is 0 Å². The number of nitrogens with zero attached hydrogens (tertiary/aromatic N) is 1. The van der Waals surface area contributed by atoms with Gasteiger partial charge in [-0.05, 0) is 12.4 Å². The van der Waals surface area contributed by atoms with Crippen LogP contribution in [0.15, 0.2) is 25.6 Å². The molecule has 0 aromatic rings. The topological polar surface area (TPSA) is 21.7 Å². The lowest BCUT2D eigenvalue weighted by atomic mass is 10.4. The molecule has 0 amide bonds. The van der Waals surface area contributed by atoms with E-state index in [0.29, 0.717) is 0 Å². The molecule has 0 aromatic heterocycles. The number of hydrogen-bond donors (Lipinski definition) is 0. The van der Waals surface area contributed by atoms with Gasteiger partial charge in [0.1, 0.15) is 0 Å². The summed E-state index contributed by atoms with van der Waals surface area (Å²) in [6.07, 6.45) is 4.09. The van der Waals surface area contributed by atoms with Gasteiger partial charge in [-0.2, -0.15) is 0 Å². The van der Waals surface area contributed by atoms with E-state index in [1.54, 1.807) is 26.6 Å². The fraction of sp³-hybridized carbons (Fsp3) is 0.556. The highest BCUT2D eigenvalue weighted by Crippen LogP contribution is 2.00. The first-order valence-corrected chi connectivity index (χ1v) is 3.85. The second kappa shape index (κ2) is 6.88. The first kappa shape index (κ1) is 11.2. The van der Waals surface area contributed by atoms with Crippen LogP contribution in [-0.4, -0.2) is 32.0 Å². The zero-order valence-corrected chi connectivity index (χ0v) is 7.82. The molecule has 3 nitrogen and oxygen atoms in total. The zero-order valence-electron chi connectivity index (χ0n) is 7.82. The van der Waals surface area contributed by atoms with Gasteiger partial charge in [-0.1, -0.05) is 13.2 Å². The Balaban J connectivity index is 3.62. The summed E-state index contributed by atoms with van der Waals surface area (Å²) in [5.41, 5.74) is 0. The molecule has 0 bridgehead atoms. The molecule has 0 saturated heterocycles. The predicted octanol–water partition coefficient (Wildman–Crippen LogP) is 1.58. The van der Waals surface area contributed by atoms with Crippen LogP contribution in [0.3, 0.4) is 0 Å². The Labute approximate surface area is 74.3 Å². The SMILES string of the molecule is C=CN(C=C)CCC(OC)OC. The molecule has 0 N–H and O–H groups in total. The summed E-state index contributed by atoms with van der Waals surface area (Å²) in [4.78, 5) is 1.88. The molecule has 0 unspecified atom stereocenters. The summed E-state index contributed by atoms with van der Waals surface area (Å²) < 4.78 is 10.0. The maximum Gasteiger partial charge on any atom is 0.158 e. The monoisotopic (exact) mass is 171 g/mol. The third-order valence-electron chi connectivity index (χ3n) is 1.62. The van der Waals surface area contributed by atoms with Crippen LogP contribution in [0.25, 0.3) is 0 Å². The third-order valence-corrected chi connectivity index (χ3v) is 1.62. The second-order valence-corrected chi connectivity index (χ2v) is 2.29. The van der Waals surface area contributed by atoms with Gasteiger partial charge >= 0.3 is 0 Å². The van der Waals surface area contributed by atoms with Gasteiger partial charge in [0.15, 0.2) is 6.29 Å². The second-order valence-electron chi connectivity index (χ2n) is 2.29. The molecule has 0 radical (unpaired) electrons. The van der Waals surface area contributed by atoms with Crippen LogP contribution in [-0.2, 0) is 9.47 Å². The molecule has 0 aliphatic heterocycles. The molecule has 0 aliphatic carbocycles. The Hall–Kier alpha value is -0.800. The molecule has 0 fully saturated rings. The molecular weight excluding hydrogens is 154 g/mol. The van der Waals surface area contributed by atoms with Gasteiger partial charge < -0.3 is 14.4 Å². The summed E-state index contributed by atoms with van der Waals surface area (Å²) in [7, 11) is 3.25. The van der Waals surface area contributed by atoms with Crippen molar-refractivity contribution in [2.45, 2.75) is 12.7 Å². The molecule has 70 valence electrons. The highest BCUT2D eigenvalue weighted by molar-refractivity contribution is 4.80. The van der Waals surface area contributed by atoms with Gasteiger partial charge in [-0.3, -0.25) is 0 Å². The fourth-order valence-electron chi connectivity index (χ4n) is 0.844. The lowest BCUT2D eigenvalue weighted by Gasteiger charge is -2.18. The van der Waals surface area contributed by atoms with Gasteiger partial charge in [0, 0.05) is 27.2 Å². The maximum atomic E-state index is 5.02. The van der Waals surface area contributed by atoms with Crippen LogP contribution in [0.4, 0.5) is 0 Å². The predicted molar refractivity (Wildman–Crippen MR) is 49.5 cm³/mol. The van der Waals surface area contributed by atoms with E-state index in [4.69, 9.17) is 9.47 Å². The largest absolute Gasteiger partial charge is 0.356 e. The molecule has 3 heteroatoms. The van der Waals surface area contributed by atoms with Crippen molar-refractivity contribution in [3.63, 3.8) is 0 Å². The highest BCUT2D eigenvalue weighted by atomic mass is 16.7.